The Morgan fingerprint density at radius 1 is 0.676 bits per heavy atom. The van der Waals surface area contributed by atoms with E-state index >= 15 is 0 Å². The molecule has 1 aliphatic heterocycles. The summed E-state index contributed by atoms with van der Waals surface area (Å²) in [7, 11) is 1.57. The maximum atomic E-state index is 11.2. The maximum Gasteiger partial charge on any atom is 0.186 e. The van der Waals surface area contributed by atoms with Crippen molar-refractivity contribution >= 4 is 0 Å². The molecule has 0 amide bonds. The lowest BCUT2D eigenvalue weighted by atomic mass is 9.98. The molecule has 0 saturated carbocycles. The minimum absolute atomic E-state index is 0.201. The van der Waals surface area contributed by atoms with Crippen LogP contribution in [0.1, 0.15) is 16.7 Å². The molecule has 4 rings (SSSR count). The molecule has 1 heterocycles. The van der Waals surface area contributed by atoms with Gasteiger partial charge in [0.2, 0.25) is 0 Å². The SMILES string of the molecule is CO[C@@H]1OC(COCc2ccccc2)[C@H](O)C(OCc2ccccc2)[C@H]1OCc1ccccc1. The first-order valence-corrected chi connectivity index (χ1v) is 11.5. The summed E-state index contributed by atoms with van der Waals surface area (Å²) in [4.78, 5) is 0. The number of benzene rings is 3. The fraction of sp³-hybridized carbons (Fsp3) is 0.357. The fourth-order valence-electron chi connectivity index (χ4n) is 3.99. The van der Waals surface area contributed by atoms with E-state index in [1.54, 1.807) is 7.11 Å². The van der Waals surface area contributed by atoms with Crippen LogP contribution in [0.15, 0.2) is 91.0 Å². The molecule has 2 unspecified atom stereocenters. The molecule has 5 atom stereocenters. The molecule has 6 heteroatoms. The standard InChI is InChI=1S/C28H32O6/c1-30-28-27(33-19-23-15-9-4-10-16-23)26(32-18-22-13-7-3-8-14-22)25(29)24(34-28)20-31-17-21-11-5-2-6-12-21/h2-16,24-29H,17-20H2,1H3/t24?,25-,26?,27+,28+/m0/s1. The van der Waals surface area contributed by atoms with Crippen LogP contribution < -0.4 is 0 Å². The molecule has 1 saturated heterocycles. The number of rotatable bonds is 11. The van der Waals surface area contributed by atoms with Gasteiger partial charge in [0.1, 0.15) is 24.4 Å². The number of hydrogen-bond acceptors (Lipinski definition) is 6. The van der Waals surface area contributed by atoms with E-state index in [1.807, 2.05) is 91.0 Å². The summed E-state index contributed by atoms with van der Waals surface area (Å²) in [5.41, 5.74) is 3.08. The predicted octanol–water partition coefficient (Wildman–Crippen LogP) is 4.11. The lowest BCUT2D eigenvalue weighted by molar-refractivity contribution is -0.315. The average Bonchev–Trinajstić information content (AvgIpc) is 2.89. The van der Waals surface area contributed by atoms with Gasteiger partial charge in [-0.15, -0.1) is 0 Å². The summed E-state index contributed by atoms with van der Waals surface area (Å²) < 4.78 is 30.0. The highest BCUT2D eigenvalue weighted by Gasteiger charge is 2.47. The van der Waals surface area contributed by atoms with E-state index in [9.17, 15) is 5.11 Å². The predicted molar refractivity (Wildman–Crippen MR) is 128 cm³/mol. The molecule has 3 aromatic rings. The number of hydrogen-bond donors (Lipinski definition) is 1. The van der Waals surface area contributed by atoms with Crippen LogP contribution in [0.25, 0.3) is 0 Å². The maximum absolute atomic E-state index is 11.2. The Balaban J connectivity index is 1.44. The summed E-state index contributed by atoms with van der Waals surface area (Å²) >= 11 is 0. The first-order chi connectivity index (χ1) is 16.7. The summed E-state index contributed by atoms with van der Waals surface area (Å²) in [6, 6.07) is 29.6. The minimum Gasteiger partial charge on any atom is -0.387 e. The molecule has 0 aliphatic carbocycles. The lowest BCUT2D eigenvalue weighted by Gasteiger charge is -2.43. The molecular formula is C28H32O6. The minimum atomic E-state index is -0.952. The van der Waals surface area contributed by atoms with Gasteiger partial charge in [-0.25, -0.2) is 0 Å². The van der Waals surface area contributed by atoms with Crippen LogP contribution >= 0.6 is 0 Å². The van der Waals surface area contributed by atoms with Crippen molar-refractivity contribution in [3.8, 4) is 0 Å². The molecule has 3 aromatic carbocycles. The zero-order chi connectivity index (χ0) is 23.6. The molecule has 1 N–H and O–H groups in total. The first-order valence-electron chi connectivity index (χ1n) is 11.5. The second kappa shape index (κ2) is 12.8. The third kappa shape index (κ3) is 6.73. The first kappa shape index (κ1) is 24.5. The Labute approximate surface area is 201 Å². The van der Waals surface area contributed by atoms with Crippen molar-refractivity contribution in [2.45, 2.75) is 50.5 Å². The van der Waals surface area contributed by atoms with Crippen LogP contribution in [-0.2, 0) is 43.5 Å². The van der Waals surface area contributed by atoms with Crippen molar-refractivity contribution in [2.24, 2.45) is 0 Å². The normalized spacial score (nSPS) is 24.7. The quantitative estimate of drug-likeness (QED) is 0.461. The summed E-state index contributed by atoms with van der Waals surface area (Å²) in [5.74, 6) is 0. The lowest BCUT2D eigenvalue weighted by Crippen LogP contribution is -2.60. The number of aliphatic hydroxyl groups excluding tert-OH is 1. The zero-order valence-electron chi connectivity index (χ0n) is 19.4. The summed E-state index contributed by atoms with van der Waals surface area (Å²) in [6.07, 6.45) is -3.56. The molecule has 1 fully saturated rings. The van der Waals surface area contributed by atoms with E-state index in [0.717, 1.165) is 16.7 Å². The highest BCUT2D eigenvalue weighted by atomic mass is 16.7. The van der Waals surface area contributed by atoms with Gasteiger partial charge >= 0.3 is 0 Å². The second-order valence-corrected chi connectivity index (χ2v) is 8.29. The molecule has 0 bridgehead atoms. The average molecular weight is 465 g/mol. The van der Waals surface area contributed by atoms with Gasteiger partial charge in [0.15, 0.2) is 6.29 Å². The highest BCUT2D eigenvalue weighted by molar-refractivity contribution is 5.15. The monoisotopic (exact) mass is 464 g/mol. The van der Waals surface area contributed by atoms with Crippen LogP contribution in [-0.4, -0.2) is 49.5 Å². The number of ether oxygens (including phenoxy) is 5. The molecular weight excluding hydrogens is 432 g/mol. The van der Waals surface area contributed by atoms with Gasteiger partial charge in [-0.3, -0.25) is 0 Å². The number of methoxy groups -OCH3 is 1. The molecule has 0 spiro atoms. The Hall–Kier alpha value is -2.58. The largest absolute Gasteiger partial charge is 0.387 e. The van der Waals surface area contributed by atoms with E-state index in [-0.39, 0.29) is 6.61 Å². The van der Waals surface area contributed by atoms with Crippen LogP contribution in [0, 0.1) is 0 Å². The third-order valence-corrected chi connectivity index (χ3v) is 5.82. The zero-order valence-corrected chi connectivity index (χ0v) is 19.4. The molecule has 6 nitrogen and oxygen atoms in total. The van der Waals surface area contributed by atoms with Gasteiger partial charge in [0.25, 0.3) is 0 Å². The van der Waals surface area contributed by atoms with Gasteiger partial charge in [-0.1, -0.05) is 91.0 Å². The van der Waals surface area contributed by atoms with Crippen LogP contribution in [0.2, 0.25) is 0 Å². The smallest absolute Gasteiger partial charge is 0.186 e. The summed E-state index contributed by atoms with van der Waals surface area (Å²) in [6.45, 7) is 1.31. The topological polar surface area (TPSA) is 66.4 Å². The molecule has 180 valence electrons. The van der Waals surface area contributed by atoms with Crippen LogP contribution in [0.5, 0.6) is 0 Å². The molecule has 0 radical (unpaired) electrons. The van der Waals surface area contributed by atoms with Crippen molar-refractivity contribution < 1.29 is 28.8 Å². The molecule has 34 heavy (non-hydrogen) atoms. The van der Waals surface area contributed by atoms with Crippen molar-refractivity contribution in [3.63, 3.8) is 0 Å². The Kier molecular flexibility index (Phi) is 9.21. The van der Waals surface area contributed by atoms with E-state index in [4.69, 9.17) is 23.7 Å². The van der Waals surface area contributed by atoms with Crippen molar-refractivity contribution in [2.75, 3.05) is 13.7 Å². The Morgan fingerprint density at radius 2 is 1.15 bits per heavy atom. The van der Waals surface area contributed by atoms with Gasteiger partial charge in [0, 0.05) is 7.11 Å². The van der Waals surface area contributed by atoms with Crippen molar-refractivity contribution in [1.82, 2.24) is 0 Å². The van der Waals surface area contributed by atoms with Crippen molar-refractivity contribution in [3.05, 3.63) is 108 Å². The van der Waals surface area contributed by atoms with E-state index < -0.39 is 30.7 Å². The van der Waals surface area contributed by atoms with Crippen molar-refractivity contribution in [1.29, 1.82) is 0 Å². The number of aliphatic hydroxyl groups is 1. The van der Waals surface area contributed by atoms with E-state index in [1.165, 1.54) is 0 Å². The van der Waals surface area contributed by atoms with Crippen LogP contribution in [0.3, 0.4) is 0 Å². The molecule has 1 aliphatic rings. The second-order valence-electron chi connectivity index (χ2n) is 8.29. The Morgan fingerprint density at radius 3 is 1.65 bits per heavy atom. The highest BCUT2D eigenvalue weighted by Crippen LogP contribution is 2.28. The molecule has 0 aromatic heterocycles. The van der Waals surface area contributed by atoms with Gasteiger partial charge < -0.3 is 28.8 Å². The van der Waals surface area contributed by atoms with E-state index in [2.05, 4.69) is 0 Å². The van der Waals surface area contributed by atoms with Gasteiger partial charge in [-0.2, -0.15) is 0 Å². The van der Waals surface area contributed by atoms with E-state index in [0.29, 0.717) is 19.8 Å². The van der Waals surface area contributed by atoms with Gasteiger partial charge in [-0.05, 0) is 16.7 Å². The van der Waals surface area contributed by atoms with Gasteiger partial charge in [0.05, 0.1) is 26.4 Å². The third-order valence-electron chi connectivity index (χ3n) is 5.82. The van der Waals surface area contributed by atoms with Crippen LogP contribution in [0.4, 0.5) is 0 Å². The fourth-order valence-corrected chi connectivity index (χ4v) is 3.99. The Bertz CT molecular complexity index is 952. The summed E-state index contributed by atoms with van der Waals surface area (Å²) in [5, 5.41) is 11.2.